The molecule has 2 amide bonds. The van der Waals surface area contributed by atoms with Gasteiger partial charge in [0.25, 0.3) is 0 Å². The first-order valence-corrected chi connectivity index (χ1v) is 8.24. The predicted octanol–water partition coefficient (Wildman–Crippen LogP) is 2.76. The number of anilines is 2. The molecule has 0 unspecified atom stereocenters. The predicted molar refractivity (Wildman–Crippen MR) is 88.6 cm³/mol. The molecule has 2 heterocycles. The number of nitrogens with one attached hydrogen (secondary N) is 2. The van der Waals surface area contributed by atoms with E-state index in [-0.39, 0.29) is 18.2 Å². The van der Waals surface area contributed by atoms with Crippen molar-refractivity contribution in [3.63, 3.8) is 0 Å². The Labute approximate surface area is 132 Å². The molecule has 120 valence electrons. The number of carbonyl (C=O) groups excluding carboxylic acids is 1. The van der Waals surface area contributed by atoms with Gasteiger partial charge >= 0.3 is 6.03 Å². The number of benzene rings is 1. The SMILES string of the molecule is CCN1CCc2ccc(NC(=O)N[C@@H](C)[C@@H]3CCCO3)cc21. The van der Waals surface area contributed by atoms with E-state index in [0.29, 0.717) is 0 Å². The highest BCUT2D eigenvalue weighted by Gasteiger charge is 2.24. The summed E-state index contributed by atoms with van der Waals surface area (Å²) in [6.07, 6.45) is 3.33. The van der Waals surface area contributed by atoms with Crippen LogP contribution in [0.2, 0.25) is 0 Å². The normalized spacial score (nSPS) is 21.5. The summed E-state index contributed by atoms with van der Waals surface area (Å²) in [6.45, 7) is 7.02. The molecule has 0 aliphatic carbocycles. The number of amides is 2. The van der Waals surface area contributed by atoms with E-state index in [4.69, 9.17) is 4.74 Å². The van der Waals surface area contributed by atoms with Crippen LogP contribution in [-0.4, -0.2) is 37.9 Å². The zero-order valence-corrected chi connectivity index (χ0v) is 13.4. The van der Waals surface area contributed by atoms with E-state index in [1.54, 1.807) is 0 Å². The summed E-state index contributed by atoms with van der Waals surface area (Å²) in [5.41, 5.74) is 3.45. The molecule has 1 fully saturated rings. The molecule has 2 atom stereocenters. The van der Waals surface area contributed by atoms with Crippen LogP contribution in [0.25, 0.3) is 0 Å². The van der Waals surface area contributed by atoms with Crippen molar-refractivity contribution in [2.24, 2.45) is 0 Å². The monoisotopic (exact) mass is 303 g/mol. The van der Waals surface area contributed by atoms with Crippen LogP contribution in [0, 0.1) is 0 Å². The van der Waals surface area contributed by atoms with Crippen molar-refractivity contribution in [3.8, 4) is 0 Å². The van der Waals surface area contributed by atoms with Crippen molar-refractivity contribution in [1.82, 2.24) is 5.32 Å². The van der Waals surface area contributed by atoms with Crippen molar-refractivity contribution < 1.29 is 9.53 Å². The van der Waals surface area contributed by atoms with Gasteiger partial charge in [0.2, 0.25) is 0 Å². The van der Waals surface area contributed by atoms with E-state index >= 15 is 0 Å². The number of rotatable bonds is 4. The quantitative estimate of drug-likeness (QED) is 0.899. The zero-order chi connectivity index (χ0) is 15.5. The van der Waals surface area contributed by atoms with Gasteiger partial charge in [0.05, 0.1) is 12.1 Å². The van der Waals surface area contributed by atoms with E-state index in [0.717, 1.165) is 44.6 Å². The van der Waals surface area contributed by atoms with Crippen molar-refractivity contribution >= 4 is 17.4 Å². The lowest BCUT2D eigenvalue weighted by Crippen LogP contribution is -2.43. The number of nitrogens with zero attached hydrogens (tertiary/aromatic N) is 1. The van der Waals surface area contributed by atoms with Gasteiger partial charge in [-0.05, 0) is 50.8 Å². The Hall–Kier alpha value is -1.75. The van der Waals surface area contributed by atoms with Crippen LogP contribution < -0.4 is 15.5 Å². The molecule has 5 nitrogen and oxygen atoms in total. The van der Waals surface area contributed by atoms with Gasteiger partial charge in [-0.3, -0.25) is 0 Å². The average Bonchev–Trinajstić information content (AvgIpc) is 3.16. The number of carbonyl (C=O) groups is 1. The summed E-state index contributed by atoms with van der Waals surface area (Å²) in [7, 11) is 0. The van der Waals surface area contributed by atoms with Crippen LogP contribution in [0.3, 0.4) is 0 Å². The highest BCUT2D eigenvalue weighted by molar-refractivity contribution is 5.90. The standard InChI is InChI=1S/C17H25N3O2/c1-3-20-9-8-13-6-7-14(11-15(13)20)19-17(21)18-12(2)16-5-4-10-22-16/h6-7,11-12,16H,3-5,8-10H2,1-2H3,(H2,18,19,21)/t12-,16-/m0/s1. The highest BCUT2D eigenvalue weighted by atomic mass is 16.5. The molecule has 0 bridgehead atoms. The largest absolute Gasteiger partial charge is 0.376 e. The second-order valence-electron chi connectivity index (χ2n) is 6.11. The average molecular weight is 303 g/mol. The molecule has 1 saturated heterocycles. The number of hydrogen-bond donors (Lipinski definition) is 2. The van der Waals surface area contributed by atoms with Crippen LogP contribution in [0.5, 0.6) is 0 Å². The first kappa shape index (κ1) is 15.2. The minimum Gasteiger partial charge on any atom is -0.376 e. The van der Waals surface area contributed by atoms with Crippen molar-refractivity contribution in [2.45, 2.75) is 45.3 Å². The van der Waals surface area contributed by atoms with Gasteiger partial charge in [0, 0.05) is 31.1 Å². The maximum Gasteiger partial charge on any atom is 0.319 e. The summed E-state index contributed by atoms with van der Waals surface area (Å²) >= 11 is 0. The topological polar surface area (TPSA) is 53.6 Å². The molecule has 3 rings (SSSR count). The lowest BCUT2D eigenvalue weighted by atomic mass is 10.1. The van der Waals surface area contributed by atoms with E-state index in [9.17, 15) is 4.79 Å². The third-order valence-electron chi connectivity index (χ3n) is 4.60. The fourth-order valence-electron chi connectivity index (χ4n) is 3.32. The third kappa shape index (κ3) is 3.19. The Balaban J connectivity index is 1.59. The van der Waals surface area contributed by atoms with Gasteiger partial charge in [-0.15, -0.1) is 0 Å². The molecule has 5 heteroatoms. The van der Waals surface area contributed by atoms with Crippen LogP contribution in [0.15, 0.2) is 18.2 Å². The van der Waals surface area contributed by atoms with Crippen LogP contribution in [0.4, 0.5) is 16.2 Å². The lowest BCUT2D eigenvalue weighted by molar-refractivity contribution is 0.0868. The summed E-state index contributed by atoms with van der Waals surface area (Å²) in [4.78, 5) is 14.5. The Morgan fingerprint density at radius 1 is 1.50 bits per heavy atom. The van der Waals surface area contributed by atoms with Crippen molar-refractivity contribution in [1.29, 1.82) is 0 Å². The summed E-state index contributed by atoms with van der Waals surface area (Å²) in [5, 5.41) is 5.91. The molecular weight excluding hydrogens is 278 g/mol. The molecule has 22 heavy (non-hydrogen) atoms. The van der Waals surface area contributed by atoms with Gasteiger partial charge in [-0.25, -0.2) is 4.79 Å². The van der Waals surface area contributed by atoms with E-state index in [1.165, 1.54) is 11.3 Å². The second kappa shape index (κ2) is 6.57. The minimum atomic E-state index is -0.163. The maximum atomic E-state index is 12.1. The molecule has 2 N–H and O–H groups in total. The molecule has 1 aromatic rings. The Kier molecular flexibility index (Phi) is 4.52. The first-order chi connectivity index (χ1) is 10.7. The van der Waals surface area contributed by atoms with Gasteiger partial charge in [-0.1, -0.05) is 6.07 Å². The molecule has 1 aromatic carbocycles. The zero-order valence-electron chi connectivity index (χ0n) is 13.4. The maximum absolute atomic E-state index is 12.1. The van der Waals surface area contributed by atoms with Gasteiger partial charge in [0.15, 0.2) is 0 Å². The Morgan fingerprint density at radius 2 is 2.36 bits per heavy atom. The summed E-state index contributed by atoms with van der Waals surface area (Å²) in [6, 6.07) is 6.04. The number of ether oxygens (including phenoxy) is 1. The molecule has 2 aliphatic rings. The number of urea groups is 1. The lowest BCUT2D eigenvalue weighted by Gasteiger charge is -2.21. The van der Waals surface area contributed by atoms with Gasteiger partial charge < -0.3 is 20.3 Å². The van der Waals surface area contributed by atoms with Crippen LogP contribution in [-0.2, 0) is 11.2 Å². The third-order valence-corrected chi connectivity index (χ3v) is 4.60. The van der Waals surface area contributed by atoms with Crippen molar-refractivity contribution in [3.05, 3.63) is 23.8 Å². The van der Waals surface area contributed by atoms with Crippen LogP contribution >= 0.6 is 0 Å². The molecule has 0 aromatic heterocycles. The summed E-state index contributed by atoms with van der Waals surface area (Å²) in [5.74, 6) is 0. The van der Waals surface area contributed by atoms with Crippen molar-refractivity contribution in [2.75, 3.05) is 29.9 Å². The number of fused-ring (bicyclic) bond motifs is 1. The molecule has 0 radical (unpaired) electrons. The molecule has 0 saturated carbocycles. The Morgan fingerprint density at radius 3 is 3.09 bits per heavy atom. The van der Waals surface area contributed by atoms with Gasteiger partial charge in [0.1, 0.15) is 0 Å². The summed E-state index contributed by atoms with van der Waals surface area (Å²) < 4.78 is 5.61. The molecular formula is C17H25N3O2. The van der Waals surface area contributed by atoms with E-state index in [1.807, 2.05) is 13.0 Å². The number of hydrogen-bond acceptors (Lipinski definition) is 3. The highest BCUT2D eigenvalue weighted by Crippen LogP contribution is 2.30. The fraction of sp³-hybridized carbons (Fsp3) is 0.588. The molecule has 0 spiro atoms. The fourth-order valence-corrected chi connectivity index (χ4v) is 3.32. The Bertz CT molecular complexity index is 541. The van der Waals surface area contributed by atoms with E-state index in [2.05, 4.69) is 34.6 Å². The second-order valence-corrected chi connectivity index (χ2v) is 6.11. The van der Waals surface area contributed by atoms with E-state index < -0.39 is 0 Å². The van der Waals surface area contributed by atoms with Gasteiger partial charge in [-0.2, -0.15) is 0 Å². The first-order valence-electron chi connectivity index (χ1n) is 8.24. The smallest absolute Gasteiger partial charge is 0.319 e. The molecule has 2 aliphatic heterocycles. The minimum absolute atomic E-state index is 0.0315. The van der Waals surface area contributed by atoms with Crippen LogP contribution in [0.1, 0.15) is 32.3 Å². The number of likely N-dealkylation sites (N-methyl/N-ethyl adjacent to an activating group) is 1.